The van der Waals surface area contributed by atoms with Crippen LogP contribution in [0.1, 0.15) is 35.0 Å². The Bertz CT molecular complexity index is 732. The van der Waals surface area contributed by atoms with Gasteiger partial charge in [0.25, 0.3) is 0 Å². The third kappa shape index (κ3) is 3.48. The average Bonchev–Trinajstić information content (AvgIpc) is 2.92. The van der Waals surface area contributed by atoms with Gasteiger partial charge in [0.2, 0.25) is 11.8 Å². The number of hydrogen-bond donors (Lipinski definition) is 0. The Kier molecular flexibility index (Phi) is 4.66. The molecule has 128 valence electrons. The maximum atomic E-state index is 13.7. The number of Topliss-reactive ketones (excluding diaryl/α,β-unsaturated/α-hetero) is 1. The monoisotopic (exact) mass is 339 g/mol. The van der Waals surface area contributed by atoms with Gasteiger partial charge in [-0.3, -0.25) is 9.69 Å². The van der Waals surface area contributed by atoms with Crippen molar-refractivity contribution < 1.29 is 22.4 Å². The van der Waals surface area contributed by atoms with Gasteiger partial charge in [-0.05, 0) is 25.9 Å². The molecule has 0 spiro atoms. The van der Waals surface area contributed by atoms with E-state index in [4.69, 9.17) is 4.42 Å². The Morgan fingerprint density at radius 3 is 2.38 bits per heavy atom. The Morgan fingerprint density at radius 2 is 1.83 bits per heavy atom. The second-order valence-electron chi connectivity index (χ2n) is 5.87. The molecule has 0 N–H and O–H groups in total. The number of aryl methyl sites for hydroxylation is 1. The van der Waals surface area contributed by atoms with Crippen LogP contribution >= 0.6 is 0 Å². The van der Waals surface area contributed by atoms with E-state index in [1.54, 1.807) is 6.92 Å². The first kappa shape index (κ1) is 16.6. The number of halogens is 3. The quantitative estimate of drug-likeness (QED) is 0.802. The second kappa shape index (κ2) is 6.72. The highest BCUT2D eigenvalue weighted by Gasteiger charge is 2.30. The first-order chi connectivity index (χ1) is 11.4. The van der Waals surface area contributed by atoms with Crippen LogP contribution in [0.5, 0.6) is 0 Å². The minimum atomic E-state index is -1.15. The van der Waals surface area contributed by atoms with Crippen molar-refractivity contribution >= 4 is 5.78 Å². The number of aromatic nitrogens is 2. The lowest BCUT2D eigenvalue weighted by Crippen LogP contribution is -2.36. The van der Waals surface area contributed by atoms with Gasteiger partial charge in [0.05, 0.1) is 12.1 Å². The maximum absolute atomic E-state index is 13.7. The SMILES string of the molecule is Cc1nnc(CN2CCC(C(=O)c3c(F)cc(F)cc3F)CC2)o1. The Balaban J connectivity index is 1.63. The summed E-state index contributed by atoms with van der Waals surface area (Å²) < 4.78 is 45.8. The summed E-state index contributed by atoms with van der Waals surface area (Å²) in [4.78, 5) is 14.4. The fraction of sp³-hybridized carbons (Fsp3) is 0.438. The first-order valence-electron chi connectivity index (χ1n) is 7.64. The van der Waals surface area contributed by atoms with Crippen LogP contribution in [0.4, 0.5) is 13.2 Å². The number of likely N-dealkylation sites (tertiary alicyclic amines) is 1. The number of ketones is 1. The molecule has 0 atom stereocenters. The first-order valence-corrected chi connectivity index (χ1v) is 7.64. The zero-order valence-corrected chi connectivity index (χ0v) is 13.1. The third-order valence-electron chi connectivity index (χ3n) is 4.14. The van der Waals surface area contributed by atoms with Gasteiger partial charge >= 0.3 is 0 Å². The van der Waals surface area contributed by atoms with Crippen molar-refractivity contribution in [3.8, 4) is 0 Å². The van der Waals surface area contributed by atoms with Crippen LogP contribution in [-0.4, -0.2) is 34.0 Å². The van der Waals surface area contributed by atoms with Gasteiger partial charge in [0.15, 0.2) is 5.78 Å². The van der Waals surface area contributed by atoms with Crippen LogP contribution in [0.25, 0.3) is 0 Å². The lowest BCUT2D eigenvalue weighted by molar-refractivity contribution is 0.0818. The molecule has 24 heavy (non-hydrogen) atoms. The van der Waals surface area contributed by atoms with Crippen LogP contribution in [0.2, 0.25) is 0 Å². The summed E-state index contributed by atoms with van der Waals surface area (Å²) in [5.41, 5.74) is -0.651. The molecule has 2 heterocycles. The molecule has 0 amide bonds. The van der Waals surface area contributed by atoms with Crippen LogP contribution in [-0.2, 0) is 6.54 Å². The molecule has 5 nitrogen and oxygen atoms in total. The average molecular weight is 339 g/mol. The van der Waals surface area contributed by atoms with E-state index < -0.39 is 34.7 Å². The van der Waals surface area contributed by atoms with Crippen LogP contribution in [0.15, 0.2) is 16.5 Å². The number of hydrogen-bond acceptors (Lipinski definition) is 5. The molecule has 1 fully saturated rings. The molecule has 0 radical (unpaired) electrons. The summed E-state index contributed by atoms with van der Waals surface area (Å²) in [5.74, 6) is -3.46. The highest BCUT2D eigenvalue weighted by Crippen LogP contribution is 2.26. The van der Waals surface area contributed by atoms with Crippen LogP contribution < -0.4 is 0 Å². The molecule has 0 unspecified atom stereocenters. The van der Waals surface area contributed by atoms with Crippen LogP contribution in [0.3, 0.4) is 0 Å². The van der Waals surface area contributed by atoms with Gasteiger partial charge < -0.3 is 4.42 Å². The fourth-order valence-electron chi connectivity index (χ4n) is 2.93. The van der Waals surface area contributed by atoms with E-state index in [9.17, 15) is 18.0 Å². The van der Waals surface area contributed by atoms with E-state index in [2.05, 4.69) is 10.2 Å². The number of rotatable bonds is 4. The highest BCUT2D eigenvalue weighted by atomic mass is 19.1. The minimum absolute atomic E-state index is 0.461. The number of carbonyl (C=O) groups is 1. The van der Waals surface area contributed by atoms with Crippen molar-refractivity contribution in [3.05, 3.63) is 46.9 Å². The minimum Gasteiger partial charge on any atom is -0.424 e. The normalized spacial score (nSPS) is 16.5. The Morgan fingerprint density at radius 1 is 1.21 bits per heavy atom. The summed E-state index contributed by atoms with van der Waals surface area (Å²) in [6.45, 7) is 3.32. The Labute approximate surface area is 136 Å². The standard InChI is InChI=1S/C16H16F3N3O2/c1-9-20-21-14(24-9)8-22-4-2-10(3-5-22)16(23)15-12(18)6-11(17)7-13(15)19/h6-7,10H,2-5,8H2,1H3. The number of nitrogens with zero attached hydrogens (tertiary/aromatic N) is 3. The third-order valence-corrected chi connectivity index (χ3v) is 4.14. The maximum Gasteiger partial charge on any atom is 0.230 e. The van der Waals surface area contributed by atoms with Crippen LogP contribution in [0, 0.1) is 30.3 Å². The summed E-state index contributed by atoms with van der Waals surface area (Å²) in [7, 11) is 0. The predicted molar refractivity (Wildman–Crippen MR) is 77.7 cm³/mol. The summed E-state index contributed by atoms with van der Waals surface area (Å²) in [6.07, 6.45) is 0.921. The molecule has 1 aliphatic heterocycles. The van der Waals surface area contributed by atoms with Gasteiger partial charge in [0, 0.05) is 25.0 Å². The van der Waals surface area contributed by atoms with Crippen molar-refractivity contribution in [1.82, 2.24) is 15.1 Å². The van der Waals surface area contributed by atoms with E-state index in [1.165, 1.54) is 0 Å². The molecular formula is C16H16F3N3O2. The smallest absolute Gasteiger partial charge is 0.230 e. The zero-order valence-electron chi connectivity index (χ0n) is 13.1. The largest absolute Gasteiger partial charge is 0.424 e. The predicted octanol–water partition coefficient (Wildman–Crippen LogP) is 2.89. The van der Waals surface area contributed by atoms with Gasteiger partial charge in [-0.25, -0.2) is 13.2 Å². The van der Waals surface area contributed by atoms with Crippen molar-refractivity contribution in [2.24, 2.45) is 5.92 Å². The molecule has 0 bridgehead atoms. The van der Waals surface area contributed by atoms with E-state index in [0.717, 1.165) is 0 Å². The lowest BCUT2D eigenvalue weighted by atomic mass is 9.88. The summed E-state index contributed by atoms with van der Waals surface area (Å²) >= 11 is 0. The van der Waals surface area contributed by atoms with Gasteiger partial charge in [-0.15, -0.1) is 10.2 Å². The molecular weight excluding hydrogens is 323 g/mol. The summed E-state index contributed by atoms with van der Waals surface area (Å²) in [5, 5.41) is 7.66. The Hall–Kier alpha value is -2.22. The van der Waals surface area contributed by atoms with Crippen molar-refractivity contribution in [2.45, 2.75) is 26.3 Å². The topological polar surface area (TPSA) is 59.2 Å². The van der Waals surface area contributed by atoms with Crippen molar-refractivity contribution in [1.29, 1.82) is 0 Å². The number of benzene rings is 1. The molecule has 2 aromatic rings. The molecule has 8 heteroatoms. The molecule has 0 aliphatic carbocycles. The van der Waals surface area contributed by atoms with Gasteiger partial charge in [0.1, 0.15) is 17.5 Å². The van der Waals surface area contributed by atoms with Crippen molar-refractivity contribution in [3.63, 3.8) is 0 Å². The zero-order chi connectivity index (χ0) is 17.3. The number of carbonyl (C=O) groups excluding carboxylic acids is 1. The molecule has 1 aromatic carbocycles. The molecule has 1 saturated heterocycles. The molecule has 1 aromatic heterocycles. The van der Waals surface area contributed by atoms with Gasteiger partial charge in [-0.1, -0.05) is 0 Å². The second-order valence-corrected chi connectivity index (χ2v) is 5.87. The van der Waals surface area contributed by atoms with E-state index in [0.29, 0.717) is 56.4 Å². The highest BCUT2D eigenvalue weighted by molar-refractivity contribution is 5.98. The summed E-state index contributed by atoms with van der Waals surface area (Å²) in [6, 6.07) is 1.06. The molecule has 0 saturated carbocycles. The van der Waals surface area contributed by atoms with E-state index in [-0.39, 0.29) is 0 Å². The lowest BCUT2D eigenvalue weighted by Gasteiger charge is -2.30. The fourth-order valence-corrected chi connectivity index (χ4v) is 2.93. The van der Waals surface area contributed by atoms with E-state index >= 15 is 0 Å². The van der Waals surface area contributed by atoms with Crippen molar-refractivity contribution in [2.75, 3.05) is 13.1 Å². The number of piperidine rings is 1. The van der Waals surface area contributed by atoms with Gasteiger partial charge in [-0.2, -0.15) is 0 Å². The molecule has 3 rings (SSSR count). The van der Waals surface area contributed by atoms with E-state index in [1.807, 2.05) is 4.90 Å². The molecule has 1 aliphatic rings.